The van der Waals surface area contributed by atoms with Crippen LogP contribution in [0.4, 0.5) is 0 Å². The molecule has 2 N–H and O–H groups in total. The SMILES string of the molecule is CC1CC[C@@]2(C)[C@@H](C1)O[C@]1(CO)[C@H](O)CC[C@]21C. The van der Waals surface area contributed by atoms with E-state index in [4.69, 9.17) is 4.74 Å². The van der Waals surface area contributed by atoms with Crippen LogP contribution in [0.1, 0.15) is 52.9 Å². The van der Waals surface area contributed by atoms with E-state index in [0.717, 1.165) is 25.7 Å². The summed E-state index contributed by atoms with van der Waals surface area (Å²) in [6, 6.07) is 0. The van der Waals surface area contributed by atoms with Gasteiger partial charge in [-0.05, 0) is 38.0 Å². The molecule has 3 fully saturated rings. The maximum absolute atomic E-state index is 10.4. The lowest BCUT2D eigenvalue weighted by atomic mass is 9.54. The summed E-state index contributed by atoms with van der Waals surface area (Å²) >= 11 is 0. The quantitative estimate of drug-likeness (QED) is 0.753. The van der Waals surface area contributed by atoms with Crippen molar-refractivity contribution in [3.05, 3.63) is 0 Å². The molecule has 0 bridgehead atoms. The first-order chi connectivity index (χ1) is 8.39. The van der Waals surface area contributed by atoms with Gasteiger partial charge in [-0.15, -0.1) is 0 Å². The van der Waals surface area contributed by atoms with Crippen LogP contribution < -0.4 is 0 Å². The zero-order valence-electron chi connectivity index (χ0n) is 11.8. The van der Waals surface area contributed by atoms with E-state index in [0.29, 0.717) is 5.92 Å². The lowest BCUT2D eigenvalue weighted by molar-refractivity contribution is -0.155. The molecule has 1 heterocycles. The Morgan fingerprint density at radius 3 is 2.61 bits per heavy atom. The van der Waals surface area contributed by atoms with Crippen LogP contribution in [0, 0.1) is 16.7 Å². The zero-order valence-corrected chi connectivity index (χ0v) is 11.8. The standard InChI is InChI=1S/C15H26O3/c1-10-4-6-13(2)12(8-10)18-15(9-16)11(17)5-7-14(13,15)3/h10-12,16-17H,4-9H2,1-3H3/t10?,11-,12-,13+,14-,15-/m1/s1. The molecule has 2 aliphatic carbocycles. The van der Waals surface area contributed by atoms with Gasteiger partial charge in [-0.2, -0.15) is 0 Å². The van der Waals surface area contributed by atoms with Crippen LogP contribution in [-0.2, 0) is 4.74 Å². The molecule has 0 aromatic carbocycles. The summed E-state index contributed by atoms with van der Waals surface area (Å²) in [6.07, 6.45) is 4.89. The minimum absolute atomic E-state index is 0.0505. The molecule has 1 saturated heterocycles. The van der Waals surface area contributed by atoms with Crippen LogP contribution >= 0.6 is 0 Å². The van der Waals surface area contributed by atoms with Crippen LogP contribution in [0.2, 0.25) is 0 Å². The van der Waals surface area contributed by atoms with Gasteiger partial charge in [0.05, 0.1) is 18.8 Å². The first kappa shape index (κ1) is 12.9. The van der Waals surface area contributed by atoms with Crippen molar-refractivity contribution < 1.29 is 14.9 Å². The number of rotatable bonds is 1. The molecule has 3 aliphatic rings. The highest BCUT2D eigenvalue weighted by atomic mass is 16.5. The number of ether oxygens (including phenoxy) is 1. The molecule has 0 spiro atoms. The zero-order chi connectivity index (χ0) is 13.2. The summed E-state index contributed by atoms with van der Waals surface area (Å²) in [5, 5.41) is 20.3. The topological polar surface area (TPSA) is 49.7 Å². The van der Waals surface area contributed by atoms with Gasteiger partial charge in [0.1, 0.15) is 5.60 Å². The second-order valence-corrected chi connectivity index (χ2v) is 7.34. The Morgan fingerprint density at radius 2 is 1.94 bits per heavy atom. The normalized spacial score (nSPS) is 59.5. The Bertz CT molecular complexity index is 358. The Labute approximate surface area is 110 Å². The molecule has 18 heavy (non-hydrogen) atoms. The van der Waals surface area contributed by atoms with Crippen LogP contribution in [0.5, 0.6) is 0 Å². The molecule has 3 nitrogen and oxygen atoms in total. The molecule has 0 radical (unpaired) electrons. The highest BCUT2D eigenvalue weighted by molar-refractivity contribution is 5.21. The first-order valence-electron chi connectivity index (χ1n) is 7.36. The number of aliphatic hydroxyl groups excluding tert-OH is 2. The third kappa shape index (κ3) is 1.21. The molecule has 1 unspecified atom stereocenters. The minimum Gasteiger partial charge on any atom is -0.393 e. The lowest BCUT2D eigenvalue weighted by Gasteiger charge is -2.48. The van der Waals surface area contributed by atoms with Crippen molar-refractivity contribution in [2.24, 2.45) is 16.7 Å². The highest BCUT2D eigenvalue weighted by Gasteiger charge is 2.73. The number of fused-ring (bicyclic) bond motifs is 3. The molecule has 2 saturated carbocycles. The molecule has 1 aliphatic heterocycles. The maximum Gasteiger partial charge on any atom is 0.123 e. The fourth-order valence-corrected chi connectivity index (χ4v) is 5.05. The van der Waals surface area contributed by atoms with Crippen LogP contribution in [0.15, 0.2) is 0 Å². The summed E-state index contributed by atoms with van der Waals surface area (Å²) in [5.41, 5.74) is -0.685. The summed E-state index contributed by atoms with van der Waals surface area (Å²) < 4.78 is 6.31. The molecule has 0 aromatic heterocycles. The van der Waals surface area contributed by atoms with Gasteiger partial charge >= 0.3 is 0 Å². The van der Waals surface area contributed by atoms with Crippen molar-refractivity contribution in [2.45, 2.75) is 70.7 Å². The van der Waals surface area contributed by atoms with Gasteiger partial charge in [-0.25, -0.2) is 0 Å². The van der Waals surface area contributed by atoms with Gasteiger partial charge in [0, 0.05) is 10.8 Å². The smallest absolute Gasteiger partial charge is 0.123 e. The third-order valence-corrected chi connectivity index (χ3v) is 6.72. The summed E-state index contributed by atoms with van der Waals surface area (Å²) in [7, 11) is 0. The summed E-state index contributed by atoms with van der Waals surface area (Å²) in [6.45, 7) is 6.78. The molecule has 104 valence electrons. The van der Waals surface area contributed by atoms with Crippen molar-refractivity contribution >= 4 is 0 Å². The number of aliphatic hydroxyl groups is 2. The number of hydrogen-bond donors (Lipinski definition) is 2. The Kier molecular flexibility index (Phi) is 2.66. The predicted octanol–water partition coefficient (Wildman–Crippen LogP) is 2.10. The van der Waals surface area contributed by atoms with E-state index in [1.54, 1.807) is 0 Å². The molecule has 0 amide bonds. The van der Waals surface area contributed by atoms with Crippen LogP contribution in [0.3, 0.4) is 0 Å². The van der Waals surface area contributed by atoms with Gasteiger partial charge < -0.3 is 14.9 Å². The predicted molar refractivity (Wildman–Crippen MR) is 69.2 cm³/mol. The van der Waals surface area contributed by atoms with Crippen molar-refractivity contribution in [2.75, 3.05) is 6.61 Å². The van der Waals surface area contributed by atoms with E-state index >= 15 is 0 Å². The second-order valence-electron chi connectivity index (χ2n) is 7.34. The summed E-state index contributed by atoms with van der Waals surface area (Å²) in [5.74, 6) is 0.693. The van der Waals surface area contributed by atoms with Crippen LogP contribution in [-0.4, -0.2) is 34.6 Å². The Morgan fingerprint density at radius 1 is 1.22 bits per heavy atom. The summed E-state index contributed by atoms with van der Waals surface area (Å²) in [4.78, 5) is 0. The van der Waals surface area contributed by atoms with Gasteiger partial charge in [0.25, 0.3) is 0 Å². The Balaban J connectivity index is 2.05. The average Bonchev–Trinajstić information content (AvgIpc) is 2.70. The largest absolute Gasteiger partial charge is 0.393 e. The molecule has 6 atom stereocenters. The molecular formula is C15H26O3. The van der Waals surface area contributed by atoms with Gasteiger partial charge in [-0.1, -0.05) is 20.8 Å². The fraction of sp³-hybridized carbons (Fsp3) is 1.00. The van der Waals surface area contributed by atoms with E-state index < -0.39 is 11.7 Å². The van der Waals surface area contributed by atoms with Crippen molar-refractivity contribution in [1.82, 2.24) is 0 Å². The average molecular weight is 254 g/mol. The minimum atomic E-state index is -0.712. The Hall–Kier alpha value is -0.120. The fourth-order valence-electron chi connectivity index (χ4n) is 5.05. The van der Waals surface area contributed by atoms with Gasteiger partial charge in [0.15, 0.2) is 0 Å². The van der Waals surface area contributed by atoms with E-state index in [9.17, 15) is 10.2 Å². The van der Waals surface area contributed by atoms with Gasteiger partial charge in [0.2, 0.25) is 0 Å². The van der Waals surface area contributed by atoms with Gasteiger partial charge in [-0.3, -0.25) is 0 Å². The van der Waals surface area contributed by atoms with Crippen LogP contribution in [0.25, 0.3) is 0 Å². The number of hydrogen-bond acceptors (Lipinski definition) is 3. The molecule has 3 heteroatoms. The molecular weight excluding hydrogens is 228 g/mol. The lowest BCUT2D eigenvalue weighted by Crippen LogP contribution is -2.54. The van der Waals surface area contributed by atoms with Crippen molar-refractivity contribution in [3.8, 4) is 0 Å². The van der Waals surface area contributed by atoms with E-state index in [1.165, 1.54) is 6.42 Å². The van der Waals surface area contributed by atoms with Crippen molar-refractivity contribution in [3.63, 3.8) is 0 Å². The molecule has 3 rings (SSSR count). The highest BCUT2D eigenvalue weighted by Crippen LogP contribution is 2.69. The first-order valence-corrected chi connectivity index (χ1v) is 7.36. The second kappa shape index (κ2) is 3.71. The van der Waals surface area contributed by atoms with Crippen molar-refractivity contribution in [1.29, 1.82) is 0 Å². The van der Waals surface area contributed by atoms with E-state index in [1.807, 2.05) is 0 Å². The molecule has 0 aromatic rings. The third-order valence-electron chi connectivity index (χ3n) is 6.72. The maximum atomic E-state index is 10.4. The van der Waals surface area contributed by atoms with E-state index in [2.05, 4.69) is 20.8 Å². The monoisotopic (exact) mass is 254 g/mol. The van der Waals surface area contributed by atoms with E-state index in [-0.39, 0.29) is 23.5 Å².